The van der Waals surface area contributed by atoms with Gasteiger partial charge in [-0.2, -0.15) is 5.10 Å². The molecule has 3 aromatic rings. The topological polar surface area (TPSA) is 64.0 Å². The molecular weight excluding hydrogens is 394 g/mol. The average Bonchev–Trinajstić information content (AvgIpc) is 3.48. The number of nitrogens with one attached hydrogen (secondary N) is 1. The molecule has 1 fully saturated rings. The van der Waals surface area contributed by atoms with Crippen LogP contribution >= 0.6 is 11.3 Å². The highest BCUT2D eigenvalue weighted by Crippen LogP contribution is 2.28. The highest BCUT2D eigenvalue weighted by Gasteiger charge is 2.20. The Morgan fingerprint density at radius 1 is 1.17 bits per heavy atom. The Bertz CT molecular complexity index is 1040. The van der Waals surface area contributed by atoms with E-state index in [4.69, 9.17) is 0 Å². The lowest BCUT2D eigenvalue weighted by Gasteiger charge is -2.17. The third-order valence-corrected chi connectivity index (χ3v) is 6.69. The van der Waals surface area contributed by atoms with E-state index >= 15 is 0 Å². The van der Waals surface area contributed by atoms with Crippen LogP contribution in [0, 0.1) is 0 Å². The average molecular weight is 422 g/mol. The molecule has 1 aromatic carbocycles. The largest absolute Gasteiger partial charge is 0.344 e. The molecule has 1 aliphatic carbocycles. The smallest absolute Gasteiger partial charge is 0.267 e. The summed E-state index contributed by atoms with van der Waals surface area (Å²) in [7, 11) is 0. The molecule has 0 aliphatic heterocycles. The zero-order valence-corrected chi connectivity index (χ0v) is 18.0. The van der Waals surface area contributed by atoms with Crippen LogP contribution in [0.3, 0.4) is 0 Å². The van der Waals surface area contributed by atoms with Gasteiger partial charge in [-0.3, -0.25) is 9.59 Å². The highest BCUT2D eigenvalue weighted by atomic mass is 32.1. The fraction of sp³-hybridized carbons (Fsp3) is 0.375. The van der Waals surface area contributed by atoms with Gasteiger partial charge in [-0.25, -0.2) is 4.68 Å². The number of aromatic nitrogens is 2. The minimum Gasteiger partial charge on any atom is -0.344 e. The zero-order valence-electron chi connectivity index (χ0n) is 17.2. The van der Waals surface area contributed by atoms with Crippen molar-refractivity contribution in [1.29, 1.82) is 0 Å². The fourth-order valence-electron chi connectivity index (χ4n) is 4.09. The molecule has 0 spiro atoms. The van der Waals surface area contributed by atoms with Crippen LogP contribution in [0.15, 0.2) is 58.7 Å². The second-order valence-corrected chi connectivity index (χ2v) is 8.83. The summed E-state index contributed by atoms with van der Waals surface area (Å²) in [4.78, 5) is 26.2. The van der Waals surface area contributed by atoms with Crippen LogP contribution in [-0.2, 0) is 0 Å². The molecule has 0 bridgehead atoms. The first-order valence-corrected chi connectivity index (χ1v) is 11.6. The van der Waals surface area contributed by atoms with Gasteiger partial charge in [-0.1, -0.05) is 44.4 Å². The van der Waals surface area contributed by atoms with Gasteiger partial charge in [0.15, 0.2) is 0 Å². The minimum absolute atomic E-state index is 0.0406. The van der Waals surface area contributed by atoms with Crippen LogP contribution in [0.4, 0.5) is 0 Å². The Hall–Kier alpha value is -2.73. The van der Waals surface area contributed by atoms with Gasteiger partial charge in [0.05, 0.1) is 17.8 Å². The SMILES string of the molecule is CCCC(NC(=O)c1ccc(-c2ccc(=O)n(C3CCCC3)n2)cc1)c1cccs1. The lowest BCUT2D eigenvalue weighted by atomic mass is 10.1. The third-order valence-electron chi connectivity index (χ3n) is 5.71. The predicted molar refractivity (Wildman–Crippen MR) is 121 cm³/mol. The summed E-state index contributed by atoms with van der Waals surface area (Å²) in [5.41, 5.74) is 2.25. The summed E-state index contributed by atoms with van der Waals surface area (Å²) in [6.45, 7) is 2.12. The van der Waals surface area contributed by atoms with Gasteiger partial charge in [0, 0.05) is 22.1 Å². The highest BCUT2D eigenvalue weighted by molar-refractivity contribution is 7.10. The van der Waals surface area contributed by atoms with E-state index in [1.54, 1.807) is 28.2 Å². The summed E-state index contributed by atoms with van der Waals surface area (Å²) in [6.07, 6.45) is 6.24. The van der Waals surface area contributed by atoms with E-state index in [1.165, 1.54) is 4.88 Å². The molecule has 1 saturated carbocycles. The van der Waals surface area contributed by atoms with E-state index in [-0.39, 0.29) is 23.6 Å². The summed E-state index contributed by atoms with van der Waals surface area (Å²) in [5.74, 6) is -0.0720. The Labute approximate surface area is 180 Å². The molecule has 156 valence electrons. The van der Waals surface area contributed by atoms with E-state index in [0.717, 1.165) is 49.8 Å². The number of thiophene rings is 1. The van der Waals surface area contributed by atoms with Crippen molar-refractivity contribution in [2.45, 2.75) is 57.5 Å². The van der Waals surface area contributed by atoms with Crippen LogP contribution in [0.1, 0.15) is 72.8 Å². The second-order valence-electron chi connectivity index (χ2n) is 7.85. The van der Waals surface area contributed by atoms with Crippen molar-refractivity contribution in [2.24, 2.45) is 0 Å². The molecule has 1 atom stereocenters. The van der Waals surface area contributed by atoms with Crippen molar-refractivity contribution in [2.75, 3.05) is 0 Å². The number of rotatable bonds is 7. The van der Waals surface area contributed by atoms with Crippen molar-refractivity contribution < 1.29 is 4.79 Å². The number of amides is 1. The van der Waals surface area contributed by atoms with E-state index in [0.29, 0.717) is 5.56 Å². The van der Waals surface area contributed by atoms with Crippen LogP contribution in [0.25, 0.3) is 11.3 Å². The normalized spacial score (nSPS) is 15.2. The fourth-order valence-corrected chi connectivity index (χ4v) is 4.90. The van der Waals surface area contributed by atoms with Crippen LogP contribution in [0.2, 0.25) is 0 Å². The predicted octanol–water partition coefficient (Wildman–Crippen LogP) is 5.36. The van der Waals surface area contributed by atoms with Crippen molar-refractivity contribution in [1.82, 2.24) is 15.1 Å². The standard InChI is InChI=1S/C24H27N3O2S/c1-2-6-21(22-9-5-16-30-22)25-24(29)18-12-10-17(11-13-18)20-14-15-23(28)27(26-20)19-7-3-4-8-19/h5,9-16,19,21H,2-4,6-8H2,1H3,(H,25,29). The molecule has 1 N–H and O–H groups in total. The number of nitrogens with zero attached hydrogens (tertiary/aromatic N) is 2. The molecule has 2 aromatic heterocycles. The van der Waals surface area contributed by atoms with Gasteiger partial charge in [0.2, 0.25) is 0 Å². The van der Waals surface area contributed by atoms with E-state index < -0.39 is 0 Å². The van der Waals surface area contributed by atoms with Gasteiger partial charge >= 0.3 is 0 Å². The molecule has 5 nitrogen and oxygen atoms in total. The van der Waals surface area contributed by atoms with E-state index in [9.17, 15) is 9.59 Å². The Morgan fingerprint density at radius 2 is 1.93 bits per heavy atom. The maximum absolute atomic E-state index is 12.8. The number of hydrogen-bond donors (Lipinski definition) is 1. The lowest BCUT2D eigenvalue weighted by Crippen LogP contribution is -2.28. The summed E-state index contributed by atoms with van der Waals surface area (Å²) in [6, 6.07) is 15.1. The quantitative estimate of drug-likeness (QED) is 0.559. The van der Waals surface area contributed by atoms with Crippen LogP contribution in [0.5, 0.6) is 0 Å². The molecule has 1 unspecified atom stereocenters. The molecular formula is C24H27N3O2S. The number of hydrogen-bond acceptors (Lipinski definition) is 4. The number of carbonyl (C=O) groups excluding carboxylic acids is 1. The number of carbonyl (C=O) groups is 1. The van der Waals surface area contributed by atoms with Crippen molar-refractivity contribution >= 4 is 17.2 Å². The molecule has 1 amide bonds. The van der Waals surface area contributed by atoms with Gasteiger partial charge in [-0.15, -0.1) is 11.3 Å². The Kier molecular flexibility index (Phi) is 6.43. The molecule has 2 heterocycles. The molecule has 0 saturated heterocycles. The molecule has 6 heteroatoms. The monoisotopic (exact) mass is 421 g/mol. The summed E-state index contributed by atoms with van der Waals surface area (Å²) < 4.78 is 1.64. The van der Waals surface area contributed by atoms with Crippen molar-refractivity contribution in [3.05, 3.63) is 74.7 Å². The van der Waals surface area contributed by atoms with Gasteiger partial charge in [-0.05, 0) is 48.9 Å². The van der Waals surface area contributed by atoms with Crippen LogP contribution in [-0.4, -0.2) is 15.7 Å². The van der Waals surface area contributed by atoms with Crippen molar-refractivity contribution in [3.63, 3.8) is 0 Å². The van der Waals surface area contributed by atoms with Gasteiger partial charge in [0.1, 0.15) is 0 Å². The third kappa shape index (κ3) is 4.54. The maximum atomic E-state index is 12.8. The van der Waals surface area contributed by atoms with Crippen molar-refractivity contribution in [3.8, 4) is 11.3 Å². The first-order valence-electron chi connectivity index (χ1n) is 10.7. The van der Waals surface area contributed by atoms with Crippen LogP contribution < -0.4 is 10.9 Å². The summed E-state index contributed by atoms with van der Waals surface area (Å²) >= 11 is 1.67. The molecule has 0 radical (unpaired) electrons. The first-order chi connectivity index (χ1) is 14.7. The first kappa shape index (κ1) is 20.5. The Balaban J connectivity index is 1.50. The number of benzene rings is 1. The molecule has 30 heavy (non-hydrogen) atoms. The summed E-state index contributed by atoms with van der Waals surface area (Å²) in [5, 5.41) is 9.81. The van der Waals surface area contributed by atoms with E-state index in [2.05, 4.69) is 23.4 Å². The van der Waals surface area contributed by atoms with Gasteiger partial charge < -0.3 is 5.32 Å². The molecule has 4 rings (SSSR count). The van der Waals surface area contributed by atoms with E-state index in [1.807, 2.05) is 35.7 Å². The maximum Gasteiger partial charge on any atom is 0.267 e. The Morgan fingerprint density at radius 3 is 2.60 bits per heavy atom. The zero-order chi connectivity index (χ0) is 20.9. The minimum atomic E-state index is -0.0720. The van der Waals surface area contributed by atoms with Gasteiger partial charge in [0.25, 0.3) is 11.5 Å². The lowest BCUT2D eigenvalue weighted by molar-refractivity contribution is 0.0935. The molecule has 1 aliphatic rings. The second kappa shape index (κ2) is 9.39.